The molecule has 0 radical (unpaired) electrons. The molecule has 2 nitrogen and oxygen atoms in total. The fourth-order valence-corrected chi connectivity index (χ4v) is 11.0. The summed E-state index contributed by atoms with van der Waals surface area (Å²) in [5, 5.41) is 0. The maximum Gasteiger partial charge on any atom is 0.0587 e. The molecule has 0 fully saturated rings. The number of rotatable bonds is 5. The summed E-state index contributed by atoms with van der Waals surface area (Å²) < 4.78 is 0. The van der Waals surface area contributed by atoms with Gasteiger partial charge in [-0.1, -0.05) is 127 Å². The molecule has 3 aromatic carbocycles. The van der Waals surface area contributed by atoms with Gasteiger partial charge < -0.3 is 9.80 Å². The molecule has 0 amide bonds. The van der Waals surface area contributed by atoms with Crippen LogP contribution in [0.2, 0.25) is 0 Å². The minimum absolute atomic E-state index is 0.321. The van der Waals surface area contributed by atoms with Crippen molar-refractivity contribution in [3.63, 3.8) is 0 Å². The fourth-order valence-electron chi connectivity index (χ4n) is 11.0. The smallest absolute Gasteiger partial charge is 0.0587 e. The highest BCUT2D eigenvalue weighted by molar-refractivity contribution is 5.91. The van der Waals surface area contributed by atoms with Crippen LogP contribution in [0.5, 0.6) is 0 Å². The van der Waals surface area contributed by atoms with E-state index in [2.05, 4.69) is 162 Å². The van der Waals surface area contributed by atoms with Crippen LogP contribution in [0.1, 0.15) is 68.9 Å². The number of allylic oxidation sites excluding steroid dienone is 14. The van der Waals surface area contributed by atoms with E-state index in [1.807, 2.05) is 0 Å². The van der Waals surface area contributed by atoms with Gasteiger partial charge in [0.1, 0.15) is 0 Å². The van der Waals surface area contributed by atoms with Crippen LogP contribution in [-0.2, 0) is 0 Å². The van der Waals surface area contributed by atoms with Crippen LogP contribution in [0, 0.1) is 11.8 Å². The number of hydrogen-bond acceptors (Lipinski definition) is 2. The average Bonchev–Trinajstić information content (AvgIpc) is 3.76. The van der Waals surface area contributed by atoms with Crippen molar-refractivity contribution >= 4 is 16.8 Å². The zero-order chi connectivity index (χ0) is 35.6. The third-order valence-corrected chi connectivity index (χ3v) is 13.6. The number of benzene rings is 3. The van der Waals surface area contributed by atoms with Crippen molar-refractivity contribution in [3.05, 3.63) is 197 Å². The van der Waals surface area contributed by atoms with Gasteiger partial charge >= 0.3 is 0 Å². The second-order valence-corrected chi connectivity index (χ2v) is 16.5. The molecule has 4 unspecified atom stereocenters. The number of nitrogens with zero attached hydrogens (tertiary/aromatic N) is 2. The summed E-state index contributed by atoms with van der Waals surface area (Å²) in [7, 11) is 0. The van der Waals surface area contributed by atoms with E-state index in [-0.39, 0.29) is 0 Å². The second kappa shape index (κ2) is 13.2. The summed E-state index contributed by atoms with van der Waals surface area (Å²) in [6.07, 6.45) is 39.8. The highest BCUT2D eigenvalue weighted by atomic mass is 15.2. The lowest BCUT2D eigenvalue weighted by atomic mass is 9.78. The second-order valence-electron chi connectivity index (χ2n) is 16.5. The summed E-state index contributed by atoms with van der Waals surface area (Å²) in [6, 6.07) is 30.5. The lowest BCUT2D eigenvalue weighted by Crippen LogP contribution is -2.43. The predicted molar refractivity (Wildman–Crippen MR) is 225 cm³/mol. The Bertz CT molecular complexity index is 2350. The van der Waals surface area contributed by atoms with Gasteiger partial charge in [-0.15, -0.1) is 0 Å². The van der Waals surface area contributed by atoms with Crippen molar-refractivity contribution in [3.8, 4) is 11.1 Å². The standard InChI is InChI=1S/C52H48N2/c1-2-12-35(13-3-1)37-16-10-17-38(30-37)40-18-11-19-43(32-40)53-49-22-8-6-20-45(49)47-33-41(25-28-51(47)53)42-26-29-52-48(34-42)46-21-7-9-23-50(46)54(52)44-27-24-36-14-4-5-15-39(36)31-44/h1-4,6-7,9-14,16-21,23-26,28,30,34,39,43-44,47,52H,5,8,15,22,27,29,31-33H2/t39?,43?,44-,47?,52?/m0/s1. The molecule has 2 heteroatoms. The van der Waals surface area contributed by atoms with E-state index < -0.39 is 0 Å². The molecule has 0 saturated carbocycles. The number of anilines is 1. The molecule has 5 atom stereocenters. The SMILES string of the molecule is C1=CC(N2C3=CC=C(C4=CCC5C(=C4)c4ccccc4N5[C@H]4CC=C5C=CCCC5C4)CC3C3=C2CCC=C3)CC(c2cccc(-c3ccccc3)c2)=C1. The molecule has 0 spiro atoms. The highest BCUT2D eigenvalue weighted by Gasteiger charge is 2.43. The Kier molecular flexibility index (Phi) is 7.85. The van der Waals surface area contributed by atoms with Gasteiger partial charge in [-0.05, 0) is 138 Å². The maximum atomic E-state index is 2.82. The third-order valence-electron chi connectivity index (χ3n) is 13.6. The van der Waals surface area contributed by atoms with Gasteiger partial charge in [-0.2, -0.15) is 0 Å². The number of hydrogen-bond donors (Lipinski definition) is 0. The Morgan fingerprint density at radius 2 is 1.57 bits per heavy atom. The molecule has 266 valence electrons. The van der Waals surface area contributed by atoms with E-state index in [4.69, 9.17) is 0 Å². The van der Waals surface area contributed by atoms with Crippen molar-refractivity contribution < 1.29 is 0 Å². The van der Waals surface area contributed by atoms with E-state index >= 15 is 0 Å². The molecule has 0 saturated heterocycles. The molecule has 2 aliphatic heterocycles. The fraction of sp³-hybridized carbons (Fsp3) is 0.269. The predicted octanol–water partition coefficient (Wildman–Crippen LogP) is 12.5. The summed E-state index contributed by atoms with van der Waals surface area (Å²) >= 11 is 0. The van der Waals surface area contributed by atoms with E-state index in [9.17, 15) is 0 Å². The van der Waals surface area contributed by atoms with Crippen molar-refractivity contribution in [1.82, 2.24) is 4.90 Å². The van der Waals surface area contributed by atoms with E-state index in [1.54, 1.807) is 16.8 Å². The lowest BCUT2D eigenvalue weighted by molar-refractivity contribution is 0.350. The Morgan fingerprint density at radius 1 is 0.704 bits per heavy atom. The van der Waals surface area contributed by atoms with Crippen molar-refractivity contribution in [2.24, 2.45) is 11.8 Å². The zero-order valence-electron chi connectivity index (χ0n) is 31.1. The highest BCUT2D eigenvalue weighted by Crippen LogP contribution is 2.52. The van der Waals surface area contributed by atoms with Gasteiger partial charge in [0.25, 0.3) is 0 Å². The normalized spacial score (nSPS) is 27.8. The summed E-state index contributed by atoms with van der Waals surface area (Å²) in [5.41, 5.74) is 18.9. The van der Waals surface area contributed by atoms with Crippen LogP contribution >= 0.6 is 0 Å². The lowest BCUT2D eigenvalue weighted by Gasteiger charge is -2.41. The monoisotopic (exact) mass is 700 g/mol. The molecule has 6 aliphatic carbocycles. The first-order valence-electron chi connectivity index (χ1n) is 20.6. The van der Waals surface area contributed by atoms with Crippen LogP contribution in [0.4, 0.5) is 5.69 Å². The van der Waals surface area contributed by atoms with Crippen molar-refractivity contribution in [2.75, 3.05) is 4.90 Å². The van der Waals surface area contributed by atoms with Crippen LogP contribution in [-0.4, -0.2) is 23.0 Å². The first kappa shape index (κ1) is 32.1. The van der Waals surface area contributed by atoms with Crippen molar-refractivity contribution in [1.29, 1.82) is 0 Å². The number of fused-ring (bicyclic) bond motifs is 6. The first-order chi connectivity index (χ1) is 26.8. The minimum atomic E-state index is 0.321. The van der Waals surface area contributed by atoms with E-state index in [0.29, 0.717) is 30.0 Å². The summed E-state index contributed by atoms with van der Waals surface area (Å²) in [4.78, 5) is 5.56. The largest absolute Gasteiger partial charge is 0.360 e. The quantitative estimate of drug-likeness (QED) is 0.261. The molecular formula is C52H48N2. The van der Waals surface area contributed by atoms with Crippen LogP contribution in [0.15, 0.2) is 185 Å². The average molecular weight is 701 g/mol. The summed E-state index contributed by atoms with van der Waals surface area (Å²) in [5.74, 6) is 1.13. The molecule has 11 rings (SSSR count). The summed E-state index contributed by atoms with van der Waals surface area (Å²) in [6.45, 7) is 0. The Labute approximate surface area is 321 Å². The van der Waals surface area contributed by atoms with E-state index in [1.165, 1.54) is 75.2 Å². The molecular weight excluding hydrogens is 653 g/mol. The molecule has 3 aromatic rings. The minimum Gasteiger partial charge on any atom is -0.360 e. The molecule has 0 N–H and O–H groups in total. The van der Waals surface area contributed by atoms with Crippen LogP contribution < -0.4 is 4.90 Å². The van der Waals surface area contributed by atoms with Gasteiger partial charge in [-0.3, -0.25) is 0 Å². The Morgan fingerprint density at radius 3 is 2.54 bits per heavy atom. The maximum absolute atomic E-state index is 2.82. The Balaban J connectivity index is 0.877. The topological polar surface area (TPSA) is 6.48 Å². The Hall–Kier alpha value is -5.34. The molecule has 54 heavy (non-hydrogen) atoms. The van der Waals surface area contributed by atoms with Crippen LogP contribution in [0.3, 0.4) is 0 Å². The van der Waals surface area contributed by atoms with Crippen LogP contribution in [0.25, 0.3) is 22.3 Å². The van der Waals surface area contributed by atoms with E-state index in [0.717, 1.165) is 38.5 Å². The van der Waals surface area contributed by atoms with Gasteiger partial charge in [-0.25, -0.2) is 0 Å². The molecule has 0 bridgehead atoms. The number of para-hydroxylation sites is 1. The van der Waals surface area contributed by atoms with Gasteiger partial charge in [0.05, 0.1) is 12.1 Å². The third kappa shape index (κ3) is 5.36. The van der Waals surface area contributed by atoms with Gasteiger partial charge in [0, 0.05) is 34.6 Å². The van der Waals surface area contributed by atoms with Crippen molar-refractivity contribution in [2.45, 2.75) is 75.9 Å². The van der Waals surface area contributed by atoms with Gasteiger partial charge in [0.15, 0.2) is 0 Å². The molecule has 0 aromatic heterocycles. The van der Waals surface area contributed by atoms with Gasteiger partial charge in [0.2, 0.25) is 0 Å². The first-order valence-corrected chi connectivity index (χ1v) is 20.6. The zero-order valence-corrected chi connectivity index (χ0v) is 31.1. The molecule has 8 aliphatic rings. The molecule has 2 heterocycles.